The molecule has 9 heteroatoms. The number of benzene rings is 1. The van der Waals surface area contributed by atoms with Gasteiger partial charge in [-0.25, -0.2) is 4.39 Å². The molecule has 2 aromatic rings. The summed E-state index contributed by atoms with van der Waals surface area (Å²) in [6, 6.07) is 7.36. The predicted octanol–water partition coefficient (Wildman–Crippen LogP) is 5.95. The van der Waals surface area contributed by atoms with Gasteiger partial charge in [-0.2, -0.15) is 13.2 Å². The van der Waals surface area contributed by atoms with Crippen LogP contribution in [0.25, 0.3) is 10.9 Å². The molecule has 0 radical (unpaired) electrons. The zero-order valence-corrected chi connectivity index (χ0v) is 18.5. The van der Waals surface area contributed by atoms with E-state index in [1.807, 2.05) is 18.2 Å². The molecule has 2 aliphatic carbocycles. The first-order chi connectivity index (χ1) is 15.1. The zero-order chi connectivity index (χ0) is 23.1. The van der Waals surface area contributed by atoms with Gasteiger partial charge in [-0.05, 0) is 65.7 Å². The van der Waals surface area contributed by atoms with Crippen molar-refractivity contribution in [2.45, 2.75) is 50.1 Å². The van der Waals surface area contributed by atoms with Gasteiger partial charge in [0.25, 0.3) is 0 Å². The largest absolute Gasteiger partial charge is 0.490 e. The second-order valence-electron chi connectivity index (χ2n) is 8.21. The van der Waals surface area contributed by atoms with E-state index in [0.29, 0.717) is 24.7 Å². The van der Waals surface area contributed by atoms with Crippen molar-refractivity contribution in [3.63, 3.8) is 0 Å². The van der Waals surface area contributed by atoms with Crippen LogP contribution in [0.1, 0.15) is 32.1 Å². The maximum Gasteiger partial charge on any atom is 0.415 e. The zero-order valence-electron chi connectivity index (χ0n) is 17.0. The number of aromatic nitrogens is 1. The van der Waals surface area contributed by atoms with Crippen LogP contribution in [-0.2, 0) is 4.79 Å². The summed E-state index contributed by atoms with van der Waals surface area (Å²) < 4.78 is 63.6. The van der Waals surface area contributed by atoms with Crippen molar-refractivity contribution in [2.75, 3.05) is 0 Å². The van der Waals surface area contributed by atoms with Gasteiger partial charge in [0.2, 0.25) is 5.91 Å². The van der Waals surface area contributed by atoms with E-state index < -0.39 is 35.7 Å². The molecule has 32 heavy (non-hydrogen) atoms. The Morgan fingerprint density at radius 3 is 2.53 bits per heavy atom. The highest BCUT2D eigenvalue weighted by Gasteiger charge is 2.55. The molecule has 0 spiro atoms. The molecule has 0 saturated heterocycles. The smallest absolute Gasteiger partial charge is 0.415 e. The summed E-state index contributed by atoms with van der Waals surface area (Å²) in [5.41, 5.74) is 1.91. The predicted molar refractivity (Wildman–Crippen MR) is 116 cm³/mol. The number of primary amides is 1. The molecule has 1 heterocycles. The lowest BCUT2D eigenvalue weighted by Gasteiger charge is -2.41. The maximum atomic E-state index is 15.9. The number of allylic oxidation sites excluding steroid dienone is 3. The van der Waals surface area contributed by atoms with Gasteiger partial charge in [-0.15, -0.1) is 0 Å². The minimum Gasteiger partial charge on any atom is -0.490 e. The Morgan fingerprint density at radius 2 is 1.88 bits per heavy atom. The van der Waals surface area contributed by atoms with E-state index >= 15 is 4.39 Å². The summed E-state index contributed by atoms with van der Waals surface area (Å²) in [6.07, 6.45) is -1.28. The molecule has 1 aromatic heterocycles. The highest BCUT2D eigenvalue weighted by molar-refractivity contribution is 9.10. The number of hydrogen-bond acceptors (Lipinski definition) is 3. The van der Waals surface area contributed by atoms with Crippen molar-refractivity contribution < 1.29 is 27.1 Å². The van der Waals surface area contributed by atoms with Crippen molar-refractivity contribution in [1.29, 1.82) is 0 Å². The van der Waals surface area contributed by atoms with Crippen molar-refractivity contribution in [3.05, 3.63) is 58.2 Å². The Morgan fingerprint density at radius 1 is 1.16 bits per heavy atom. The number of alkyl halides is 4. The molecule has 1 atom stereocenters. The second kappa shape index (κ2) is 8.50. The third-order valence-electron chi connectivity index (χ3n) is 6.27. The average molecular weight is 513 g/mol. The van der Waals surface area contributed by atoms with Crippen LogP contribution in [0.4, 0.5) is 17.6 Å². The molecule has 2 aliphatic rings. The number of halogens is 5. The molecule has 4 nitrogen and oxygen atoms in total. The van der Waals surface area contributed by atoms with Gasteiger partial charge in [0.1, 0.15) is 11.4 Å². The number of nitrogens with zero attached hydrogens (tertiary/aromatic N) is 1. The lowest BCUT2D eigenvalue weighted by molar-refractivity contribution is -0.123. The molecule has 1 aromatic carbocycles. The van der Waals surface area contributed by atoms with Gasteiger partial charge in [0.15, 0.2) is 0 Å². The monoisotopic (exact) mass is 512 g/mol. The summed E-state index contributed by atoms with van der Waals surface area (Å²) in [5.74, 6) is -1.17. The highest BCUT2D eigenvalue weighted by atomic mass is 79.9. The number of pyridine rings is 1. The molecular formula is C23H21BrF4N2O2. The summed E-state index contributed by atoms with van der Waals surface area (Å²) >= 11 is 3.46. The summed E-state index contributed by atoms with van der Waals surface area (Å²) in [5, 5.41) is 0.816. The molecule has 4 rings (SSSR count). The van der Waals surface area contributed by atoms with Crippen LogP contribution in [-0.4, -0.2) is 28.8 Å². The van der Waals surface area contributed by atoms with Gasteiger partial charge < -0.3 is 10.5 Å². The molecule has 1 amide bonds. The molecule has 1 unspecified atom stereocenters. The van der Waals surface area contributed by atoms with Crippen LogP contribution >= 0.6 is 15.9 Å². The molecule has 0 bridgehead atoms. The van der Waals surface area contributed by atoms with E-state index in [2.05, 4.69) is 20.9 Å². The van der Waals surface area contributed by atoms with Gasteiger partial charge in [-0.3, -0.25) is 9.78 Å². The average Bonchev–Trinajstić information content (AvgIpc) is 2.74. The number of carbonyl (C=O) groups excluding carboxylic acids is 1. The van der Waals surface area contributed by atoms with Crippen LogP contribution in [0.5, 0.6) is 5.75 Å². The molecule has 170 valence electrons. The Balaban J connectivity index is 1.51. The van der Waals surface area contributed by atoms with Crippen LogP contribution in [0, 0.1) is 5.92 Å². The summed E-state index contributed by atoms with van der Waals surface area (Å²) in [4.78, 5) is 15.9. The maximum absolute atomic E-state index is 15.9. The molecule has 0 aliphatic heterocycles. The minimum absolute atomic E-state index is 0.132. The van der Waals surface area contributed by atoms with Crippen molar-refractivity contribution in [2.24, 2.45) is 11.7 Å². The SMILES string of the molecule is NC(=O)C1=CC=C(C(F)(F)F)C(F)(C2CCC(Oc3ccnc4c(Br)cccc34)CC2)C1. The van der Waals surface area contributed by atoms with Gasteiger partial charge >= 0.3 is 6.18 Å². The van der Waals surface area contributed by atoms with Crippen molar-refractivity contribution in [1.82, 2.24) is 4.98 Å². The normalized spacial score (nSPS) is 26.4. The van der Waals surface area contributed by atoms with Crippen molar-refractivity contribution in [3.8, 4) is 5.75 Å². The van der Waals surface area contributed by atoms with Gasteiger partial charge in [0.05, 0.1) is 17.2 Å². The lowest BCUT2D eigenvalue weighted by Crippen LogP contribution is -2.46. The Bertz CT molecular complexity index is 1110. The van der Waals surface area contributed by atoms with Gasteiger partial charge in [-0.1, -0.05) is 18.2 Å². The number of carbonyl (C=O) groups is 1. The number of hydrogen-bond donors (Lipinski definition) is 1. The summed E-state index contributed by atoms with van der Waals surface area (Å²) in [6.45, 7) is 0. The summed E-state index contributed by atoms with van der Waals surface area (Å²) in [7, 11) is 0. The topological polar surface area (TPSA) is 65.2 Å². The third-order valence-corrected chi connectivity index (χ3v) is 6.91. The number of amides is 1. The first-order valence-corrected chi connectivity index (χ1v) is 11.1. The number of ether oxygens (including phenoxy) is 1. The quantitative estimate of drug-likeness (QED) is 0.515. The fourth-order valence-electron chi connectivity index (χ4n) is 4.65. The lowest BCUT2D eigenvalue weighted by atomic mass is 9.69. The van der Waals surface area contributed by atoms with E-state index in [1.54, 1.807) is 12.3 Å². The fourth-order valence-corrected chi connectivity index (χ4v) is 5.12. The van der Waals surface area contributed by atoms with E-state index in [0.717, 1.165) is 21.5 Å². The standard InChI is InChI=1S/C23H21BrF4N2O2/c24-17-3-1-2-16-18(10-11-30-20(16)17)32-15-7-5-14(6-8-15)22(25)12-13(21(29)31)4-9-19(22)23(26,27)28/h1-4,9-11,14-15H,5-8,12H2,(H2,29,31). The van der Waals surface area contributed by atoms with Crippen LogP contribution in [0.3, 0.4) is 0 Å². The Hall–Kier alpha value is -2.42. The van der Waals surface area contributed by atoms with Crippen LogP contribution in [0.15, 0.2) is 58.2 Å². The number of fused-ring (bicyclic) bond motifs is 1. The van der Waals surface area contributed by atoms with E-state index in [4.69, 9.17) is 10.5 Å². The van der Waals surface area contributed by atoms with Crippen molar-refractivity contribution >= 4 is 32.7 Å². The molecule has 1 saturated carbocycles. The first kappa shape index (κ1) is 22.8. The number of nitrogens with two attached hydrogens (primary N) is 1. The van der Waals surface area contributed by atoms with E-state index in [-0.39, 0.29) is 24.5 Å². The molecule has 2 N–H and O–H groups in total. The minimum atomic E-state index is -4.83. The molecule has 1 fully saturated rings. The Kier molecular flexibility index (Phi) is 6.04. The van der Waals surface area contributed by atoms with E-state index in [9.17, 15) is 18.0 Å². The van der Waals surface area contributed by atoms with Crippen LogP contribution < -0.4 is 10.5 Å². The van der Waals surface area contributed by atoms with E-state index in [1.165, 1.54) is 0 Å². The third kappa shape index (κ3) is 4.27. The highest BCUT2D eigenvalue weighted by Crippen LogP contribution is 2.51. The van der Waals surface area contributed by atoms with Crippen LogP contribution in [0.2, 0.25) is 0 Å². The first-order valence-electron chi connectivity index (χ1n) is 10.3. The number of para-hydroxylation sites is 1. The fraction of sp³-hybridized carbons (Fsp3) is 0.391. The van der Waals surface area contributed by atoms with Gasteiger partial charge in [0, 0.05) is 28.0 Å². The molecular weight excluding hydrogens is 492 g/mol. The number of rotatable bonds is 4. The Labute approximate surface area is 190 Å². The second-order valence-corrected chi connectivity index (χ2v) is 9.06.